The van der Waals surface area contributed by atoms with Crippen LogP contribution in [0.5, 0.6) is 5.75 Å². The van der Waals surface area contributed by atoms with Gasteiger partial charge >= 0.3 is 12.0 Å². The van der Waals surface area contributed by atoms with Gasteiger partial charge in [0.05, 0.1) is 36.0 Å². The number of nitrogens with one attached hydrogen (secondary N) is 2. The van der Waals surface area contributed by atoms with E-state index in [2.05, 4.69) is 15.5 Å². The number of urea groups is 1. The fourth-order valence-corrected chi connectivity index (χ4v) is 4.74. The van der Waals surface area contributed by atoms with Crippen LogP contribution in [0.4, 0.5) is 21.9 Å². The van der Waals surface area contributed by atoms with E-state index in [-0.39, 0.29) is 18.4 Å². The van der Waals surface area contributed by atoms with Gasteiger partial charge in [0, 0.05) is 12.2 Å². The molecule has 0 radical (unpaired) electrons. The summed E-state index contributed by atoms with van der Waals surface area (Å²) in [7, 11) is 0. The Hall–Kier alpha value is -3.26. The van der Waals surface area contributed by atoms with Crippen molar-refractivity contribution >= 4 is 29.1 Å². The molecule has 2 atom stereocenters. The van der Waals surface area contributed by atoms with Gasteiger partial charge in [-0.15, -0.1) is 0 Å². The second kappa shape index (κ2) is 11.4. The molecule has 190 valence electrons. The average Bonchev–Trinajstić information content (AvgIpc) is 3.29. The Morgan fingerprint density at radius 1 is 1.14 bits per heavy atom. The summed E-state index contributed by atoms with van der Waals surface area (Å²) in [5, 5.41) is 25.9. The molecule has 0 spiro atoms. The molecule has 8 nitrogen and oxygen atoms in total. The largest absolute Gasteiger partial charge is 0.494 e. The lowest BCUT2D eigenvalue weighted by Gasteiger charge is -2.36. The van der Waals surface area contributed by atoms with E-state index in [4.69, 9.17) is 4.74 Å². The normalized spacial score (nSPS) is 16.6. The monoisotopic (exact) mass is 483 g/mol. The van der Waals surface area contributed by atoms with E-state index in [9.17, 15) is 19.8 Å². The second-order valence-electron chi connectivity index (χ2n) is 9.52. The highest BCUT2D eigenvalue weighted by Crippen LogP contribution is 2.38. The van der Waals surface area contributed by atoms with E-state index in [1.807, 2.05) is 32.0 Å². The standard InChI is InChI=1S/C27H37N3O5/c1-5-18(17-25(31)32)19-9-14-23(30-15-7-8-24(30)27(3,4)34)22(16-19)29-26(33)28-20-10-12-21(13-11-20)35-6-2/h9-14,16,18,24,34H,5-8,15,17H2,1-4H3,(H,31,32)(H2,28,29,33)/t18-,24+/m1/s1. The predicted molar refractivity (Wildman–Crippen MR) is 139 cm³/mol. The molecule has 8 heteroatoms. The molecule has 35 heavy (non-hydrogen) atoms. The smallest absolute Gasteiger partial charge is 0.323 e. The highest BCUT2D eigenvalue weighted by Gasteiger charge is 2.37. The van der Waals surface area contributed by atoms with Crippen molar-refractivity contribution in [3.05, 3.63) is 48.0 Å². The van der Waals surface area contributed by atoms with Gasteiger partial charge in [-0.2, -0.15) is 0 Å². The van der Waals surface area contributed by atoms with Crippen LogP contribution >= 0.6 is 0 Å². The summed E-state index contributed by atoms with van der Waals surface area (Å²) >= 11 is 0. The van der Waals surface area contributed by atoms with Crippen molar-refractivity contribution in [3.63, 3.8) is 0 Å². The highest BCUT2D eigenvalue weighted by molar-refractivity contribution is 6.02. The Bertz CT molecular complexity index is 1020. The number of aliphatic carboxylic acids is 1. The predicted octanol–water partition coefficient (Wildman–Crippen LogP) is 5.44. The maximum atomic E-state index is 13.0. The molecule has 2 amide bonds. The van der Waals surface area contributed by atoms with Gasteiger partial charge in [-0.05, 0) is 87.9 Å². The van der Waals surface area contributed by atoms with Crippen molar-refractivity contribution < 1.29 is 24.5 Å². The summed E-state index contributed by atoms with van der Waals surface area (Å²) in [6.07, 6.45) is 2.47. The number of hydrogen-bond donors (Lipinski definition) is 4. The number of nitrogens with zero attached hydrogens (tertiary/aromatic N) is 1. The third kappa shape index (κ3) is 6.88. The molecule has 0 saturated carbocycles. The molecule has 1 saturated heterocycles. The maximum Gasteiger partial charge on any atom is 0.323 e. The number of anilines is 3. The molecule has 4 N–H and O–H groups in total. The molecule has 2 aromatic rings. The van der Waals surface area contributed by atoms with Crippen LogP contribution in [0.25, 0.3) is 0 Å². The summed E-state index contributed by atoms with van der Waals surface area (Å²) in [5.41, 5.74) is 1.97. The Morgan fingerprint density at radius 2 is 1.86 bits per heavy atom. The van der Waals surface area contributed by atoms with E-state index in [1.54, 1.807) is 38.1 Å². The third-order valence-corrected chi connectivity index (χ3v) is 6.45. The first kappa shape index (κ1) is 26.3. The molecule has 0 bridgehead atoms. The fourth-order valence-electron chi connectivity index (χ4n) is 4.74. The molecular weight excluding hydrogens is 446 g/mol. The lowest BCUT2D eigenvalue weighted by atomic mass is 9.92. The molecule has 1 aliphatic heterocycles. The van der Waals surface area contributed by atoms with Gasteiger partial charge in [0.2, 0.25) is 0 Å². The van der Waals surface area contributed by atoms with Crippen molar-refractivity contribution in [2.75, 3.05) is 28.7 Å². The first-order valence-corrected chi connectivity index (χ1v) is 12.3. The van der Waals surface area contributed by atoms with E-state index in [0.717, 1.165) is 36.4 Å². The Labute approximate surface area is 207 Å². The van der Waals surface area contributed by atoms with Crippen molar-refractivity contribution in [3.8, 4) is 5.75 Å². The number of carbonyl (C=O) groups excluding carboxylic acids is 1. The maximum absolute atomic E-state index is 13.0. The average molecular weight is 484 g/mol. The zero-order chi connectivity index (χ0) is 25.6. The minimum absolute atomic E-state index is 0.0175. The molecule has 3 rings (SSSR count). The van der Waals surface area contributed by atoms with Gasteiger partial charge in [-0.25, -0.2) is 4.79 Å². The number of carbonyl (C=O) groups is 2. The van der Waals surface area contributed by atoms with Gasteiger partial charge in [0.15, 0.2) is 0 Å². The first-order chi connectivity index (χ1) is 16.6. The molecule has 1 heterocycles. The van der Waals surface area contributed by atoms with E-state index < -0.39 is 17.6 Å². The Balaban J connectivity index is 1.89. The minimum Gasteiger partial charge on any atom is -0.494 e. The Morgan fingerprint density at radius 3 is 2.46 bits per heavy atom. The number of amides is 2. The molecule has 0 aliphatic carbocycles. The third-order valence-electron chi connectivity index (χ3n) is 6.45. The second-order valence-corrected chi connectivity index (χ2v) is 9.52. The quantitative estimate of drug-likeness (QED) is 0.358. The van der Waals surface area contributed by atoms with Crippen LogP contribution in [0.2, 0.25) is 0 Å². The van der Waals surface area contributed by atoms with Crippen LogP contribution in [-0.2, 0) is 4.79 Å². The zero-order valence-corrected chi connectivity index (χ0v) is 21.0. The molecule has 1 fully saturated rings. The number of ether oxygens (including phenoxy) is 1. The number of aliphatic hydroxyl groups is 1. The van der Waals surface area contributed by atoms with Crippen LogP contribution in [0.3, 0.4) is 0 Å². The van der Waals surface area contributed by atoms with E-state index >= 15 is 0 Å². The first-order valence-electron chi connectivity index (χ1n) is 12.3. The summed E-state index contributed by atoms with van der Waals surface area (Å²) in [6, 6.07) is 12.4. The van der Waals surface area contributed by atoms with Gasteiger partial charge < -0.3 is 30.5 Å². The van der Waals surface area contributed by atoms with Crippen molar-refractivity contribution in [2.45, 2.75) is 70.9 Å². The van der Waals surface area contributed by atoms with Gasteiger partial charge in [0.1, 0.15) is 5.75 Å². The van der Waals surface area contributed by atoms with Crippen LogP contribution in [-0.4, -0.2) is 47.0 Å². The van der Waals surface area contributed by atoms with Gasteiger partial charge in [0.25, 0.3) is 0 Å². The van der Waals surface area contributed by atoms with Crippen LogP contribution < -0.4 is 20.3 Å². The van der Waals surface area contributed by atoms with Crippen molar-refractivity contribution in [2.24, 2.45) is 0 Å². The number of carboxylic acid groups (broad SMARTS) is 1. The Kier molecular flexibility index (Phi) is 8.62. The van der Waals surface area contributed by atoms with Crippen LogP contribution in [0.1, 0.15) is 64.9 Å². The lowest BCUT2D eigenvalue weighted by molar-refractivity contribution is -0.137. The topological polar surface area (TPSA) is 111 Å². The molecule has 1 aliphatic rings. The van der Waals surface area contributed by atoms with E-state index in [0.29, 0.717) is 24.4 Å². The summed E-state index contributed by atoms with van der Waals surface area (Å²) in [5.74, 6) is -0.297. The van der Waals surface area contributed by atoms with Crippen LogP contribution in [0.15, 0.2) is 42.5 Å². The summed E-state index contributed by atoms with van der Waals surface area (Å²) < 4.78 is 5.45. The molecule has 0 aromatic heterocycles. The van der Waals surface area contributed by atoms with Crippen LogP contribution in [0, 0.1) is 0 Å². The SMILES string of the molecule is CCOc1ccc(NC(=O)Nc2cc([C@H](CC)CC(=O)O)ccc2N2CCC[C@H]2C(C)(C)O)cc1. The van der Waals surface area contributed by atoms with Crippen molar-refractivity contribution in [1.82, 2.24) is 0 Å². The molecular formula is C27H37N3O5. The number of rotatable bonds is 10. The van der Waals surface area contributed by atoms with Gasteiger partial charge in [-0.3, -0.25) is 4.79 Å². The summed E-state index contributed by atoms with van der Waals surface area (Å²) in [6.45, 7) is 8.79. The number of hydrogen-bond acceptors (Lipinski definition) is 5. The van der Waals surface area contributed by atoms with Gasteiger partial charge in [-0.1, -0.05) is 13.0 Å². The van der Waals surface area contributed by atoms with Crippen molar-refractivity contribution in [1.29, 1.82) is 0 Å². The summed E-state index contributed by atoms with van der Waals surface area (Å²) in [4.78, 5) is 26.5. The molecule has 2 aromatic carbocycles. The lowest BCUT2D eigenvalue weighted by Crippen LogP contribution is -2.46. The number of benzene rings is 2. The highest BCUT2D eigenvalue weighted by atomic mass is 16.5. The number of carboxylic acids is 1. The zero-order valence-electron chi connectivity index (χ0n) is 21.0. The minimum atomic E-state index is -0.910. The molecule has 0 unspecified atom stereocenters. The van der Waals surface area contributed by atoms with E-state index in [1.165, 1.54) is 0 Å². The fraction of sp³-hybridized carbons (Fsp3) is 0.481.